The molecule has 2 aromatic heterocycles. The lowest BCUT2D eigenvalue weighted by Gasteiger charge is -2.32. The molecule has 3 aromatic rings. The summed E-state index contributed by atoms with van der Waals surface area (Å²) in [5.74, 6) is 0.306. The van der Waals surface area contributed by atoms with E-state index in [1.807, 2.05) is 31.3 Å². The van der Waals surface area contributed by atoms with Crippen LogP contribution in [0.25, 0.3) is 10.9 Å². The van der Waals surface area contributed by atoms with Gasteiger partial charge in [-0.2, -0.15) is 0 Å². The second-order valence-electron chi connectivity index (χ2n) is 7.27. The number of aryl methyl sites for hydroxylation is 1. The van der Waals surface area contributed by atoms with E-state index >= 15 is 0 Å². The van der Waals surface area contributed by atoms with Gasteiger partial charge in [-0.3, -0.25) is 9.88 Å². The standard InChI is InChI=1S/C20H24N4O2S2/c1-15-22-12-18(27-15)14-24-10-4-5-16(13-24)11-23-28(25,26)19-8-2-6-17-7-3-9-21-20(17)19/h2-3,6-9,12,16,23H,4-5,10-11,13-14H2,1H3/t16-/m0/s1. The SMILES string of the molecule is Cc1ncc(CN2CCC[C@@H](CNS(=O)(=O)c3cccc4cccnc34)C2)s1. The van der Waals surface area contributed by atoms with Crippen molar-refractivity contribution in [2.45, 2.75) is 31.2 Å². The minimum atomic E-state index is -3.60. The third-order valence-electron chi connectivity index (χ3n) is 5.10. The van der Waals surface area contributed by atoms with Crippen LogP contribution < -0.4 is 4.72 Å². The van der Waals surface area contributed by atoms with Gasteiger partial charge < -0.3 is 0 Å². The molecule has 0 spiro atoms. The molecule has 1 aromatic carbocycles. The highest BCUT2D eigenvalue weighted by molar-refractivity contribution is 7.89. The summed E-state index contributed by atoms with van der Waals surface area (Å²) in [4.78, 5) is 12.5. The van der Waals surface area contributed by atoms with Crippen LogP contribution in [0.3, 0.4) is 0 Å². The van der Waals surface area contributed by atoms with Gasteiger partial charge in [0.2, 0.25) is 10.0 Å². The van der Waals surface area contributed by atoms with Crippen molar-refractivity contribution in [1.82, 2.24) is 19.6 Å². The minimum Gasteiger partial charge on any atom is -0.298 e. The van der Waals surface area contributed by atoms with Crippen LogP contribution in [-0.2, 0) is 16.6 Å². The number of thiazole rings is 1. The minimum absolute atomic E-state index is 0.249. The maximum Gasteiger partial charge on any atom is 0.242 e. The fraction of sp³-hybridized carbons (Fsp3) is 0.400. The van der Waals surface area contributed by atoms with Crippen LogP contribution >= 0.6 is 11.3 Å². The Balaban J connectivity index is 1.41. The summed E-state index contributed by atoms with van der Waals surface area (Å²) < 4.78 is 28.6. The van der Waals surface area contributed by atoms with Gasteiger partial charge in [-0.15, -0.1) is 11.3 Å². The van der Waals surface area contributed by atoms with Crippen molar-refractivity contribution in [3.05, 3.63) is 52.6 Å². The van der Waals surface area contributed by atoms with E-state index in [9.17, 15) is 8.42 Å². The van der Waals surface area contributed by atoms with Gasteiger partial charge in [0.15, 0.2) is 0 Å². The van der Waals surface area contributed by atoms with Gasteiger partial charge in [0.25, 0.3) is 0 Å². The van der Waals surface area contributed by atoms with E-state index in [1.165, 1.54) is 4.88 Å². The molecule has 0 radical (unpaired) electrons. The van der Waals surface area contributed by atoms with E-state index in [-0.39, 0.29) is 4.90 Å². The molecular weight excluding hydrogens is 392 g/mol. The molecule has 6 nitrogen and oxygen atoms in total. The molecule has 1 aliphatic heterocycles. The fourth-order valence-electron chi connectivity index (χ4n) is 3.76. The lowest BCUT2D eigenvalue weighted by Crippen LogP contribution is -2.40. The monoisotopic (exact) mass is 416 g/mol. The number of benzene rings is 1. The number of likely N-dealkylation sites (tertiary alicyclic amines) is 1. The fourth-order valence-corrected chi connectivity index (χ4v) is 5.89. The average Bonchev–Trinajstić information content (AvgIpc) is 3.11. The lowest BCUT2D eigenvalue weighted by molar-refractivity contribution is 0.170. The van der Waals surface area contributed by atoms with Gasteiger partial charge in [-0.25, -0.2) is 18.1 Å². The molecule has 1 saturated heterocycles. The Morgan fingerprint density at radius 3 is 2.93 bits per heavy atom. The highest BCUT2D eigenvalue weighted by atomic mass is 32.2. The van der Waals surface area contributed by atoms with Crippen LogP contribution in [0.2, 0.25) is 0 Å². The average molecular weight is 417 g/mol. The number of para-hydroxylation sites is 1. The van der Waals surface area contributed by atoms with Crippen molar-refractivity contribution in [2.75, 3.05) is 19.6 Å². The predicted octanol–water partition coefficient (Wildman–Crippen LogP) is 3.19. The highest BCUT2D eigenvalue weighted by Crippen LogP contribution is 2.23. The lowest BCUT2D eigenvalue weighted by atomic mass is 9.98. The van der Waals surface area contributed by atoms with E-state index in [4.69, 9.17) is 0 Å². The molecule has 0 aliphatic carbocycles. The van der Waals surface area contributed by atoms with Gasteiger partial charge in [0, 0.05) is 42.3 Å². The summed E-state index contributed by atoms with van der Waals surface area (Å²) in [5, 5.41) is 1.91. The molecule has 0 amide bonds. The van der Waals surface area contributed by atoms with Crippen molar-refractivity contribution in [3.8, 4) is 0 Å². The third-order valence-corrected chi connectivity index (χ3v) is 7.45. The van der Waals surface area contributed by atoms with Crippen molar-refractivity contribution in [3.63, 3.8) is 0 Å². The first-order valence-electron chi connectivity index (χ1n) is 9.48. The summed E-state index contributed by atoms with van der Waals surface area (Å²) in [6.07, 6.45) is 5.69. The van der Waals surface area contributed by atoms with Crippen LogP contribution in [-0.4, -0.2) is 42.9 Å². The number of sulfonamides is 1. The summed E-state index contributed by atoms with van der Waals surface area (Å²) in [7, 11) is -3.60. The Morgan fingerprint density at radius 1 is 1.25 bits per heavy atom. The summed E-state index contributed by atoms with van der Waals surface area (Å²) in [5.41, 5.74) is 0.517. The van der Waals surface area contributed by atoms with E-state index in [2.05, 4.69) is 19.6 Å². The molecular formula is C20H24N4O2S2. The van der Waals surface area contributed by atoms with E-state index < -0.39 is 10.0 Å². The van der Waals surface area contributed by atoms with Gasteiger partial charge in [-0.1, -0.05) is 18.2 Å². The normalized spacial score (nSPS) is 18.5. The smallest absolute Gasteiger partial charge is 0.242 e. The zero-order valence-corrected chi connectivity index (χ0v) is 17.5. The second-order valence-corrected chi connectivity index (χ2v) is 10.3. The molecule has 148 valence electrons. The molecule has 3 heterocycles. The molecule has 1 aliphatic rings. The topological polar surface area (TPSA) is 75.2 Å². The molecule has 1 fully saturated rings. The number of aromatic nitrogens is 2. The maximum atomic E-state index is 12.9. The van der Waals surface area contributed by atoms with Gasteiger partial charge in [0.05, 0.1) is 10.5 Å². The first kappa shape index (κ1) is 19.4. The third kappa shape index (κ3) is 4.41. The quantitative estimate of drug-likeness (QED) is 0.668. The van der Waals surface area contributed by atoms with Crippen molar-refractivity contribution >= 4 is 32.3 Å². The van der Waals surface area contributed by atoms with Gasteiger partial charge in [0.1, 0.15) is 4.90 Å². The van der Waals surface area contributed by atoms with Crippen LogP contribution in [0.1, 0.15) is 22.7 Å². The van der Waals surface area contributed by atoms with Crippen molar-refractivity contribution < 1.29 is 8.42 Å². The Kier molecular flexibility index (Phi) is 5.73. The summed E-state index contributed by atoms with van der Waals surface area (Å²) in [6.45, 7) is 5.30. The molecule has 4 rings (SSSR count). The van der Waals surface area contributed by atoms with Crippen molar-refractivity contribution in [2.24, 2.45) is 5.92 Å². The van der Waals surface area contributed by atoms with Gasteiger partial charge >= 0.3 is 0 Å². The van der Waals surface area contributed by atoms with Crippen LogP contribution in [0.5, 0.6) is 0 Å². The second kappa shape index (κ2) is 8.24. The molecule has 0 saturated carbocycles. The number of hydrogen-bond donors (Lipinski definition) is 1. The molecule has 28 heavy (non-hydrogen) atoms. The number of pyridine rings is 1. The molecule has 0 unspecified atom stereocenters. The number of nitrogens with zero attached hydrogens (tertiary/aromatic N) is 3. The number of hydrogen-bond acceptors (Lipinski definition) is 6. The molecule has 1 atom stereocenters. The van der Waals surface area contributed by atoms with Crippen molar-refractivity contribution in [1.29, 1.82) is 0 Å². The first-order chi connectivity index (χ1) is 13.5. The Labute approximate surface area is 169 Å². The predicted molar refractivity (Wildman–Crippen MR) is 112 cm³/mol. The van der Waals surface area contributed by atoms with E-state index in [0.29, 0.717) is 18.0 Å². The number of rotatable bonds is 6. The summed E-state index contributed by atoms with van der Waals surface area (Å²) >= 11 is 1.73. The Bertz CT molecular complexity index is 1060. The molecule has 1 N–H and O–H groups in total. The summed E-state index contributed by atoms with van der Waals surface area (Å²) in [6, 6.07) is 8.95. The molecule has 8 heteroatoms. The Hall–Kier alpha value is -1.87. The zero-order valence-electron chi connectivity index (χ0n) is 15.8. The van der Waals surface area contributed by atoms with E-state index in [1.54, 1.807) is 29.7 Å². The van der Waals surface area contributed by atoms with E-state index in [0.717, 1.165) is 42.9 Å². The largest absolute Gasteiger partial charge is 0.298 e. The maximum absolute atomic E-state index is 12.9. The zero-order chi connectivity index (χ0) is 19.6. The van der Waals surface area contributed by atoms with Crippen LogP contribution in [0.4, 0.5) is 0 Å². The van der Waals surface area contributed by atoms with Crippen LogP contribution in [0.15, 0.2) is 47.6 Å². The number of fused-ring (bicyclic) bond motifs is 1. The Morgan fingerprint density at radius 2 is 2.11 bits per heavy atom. The van der Waals surface area contributed by atoms with Gasteiger partial charge in [-0.05, 0) is 44.4 Å². The number of piperidine rings is 1. The first-order valence-corrected chi connectivity index (χ1v) is 11.8. The number of nitrogens with one attached hydrogen (secondary N) is 1. The molecule has 0 bridgehead atoms. The highest BCUT2D eigenvalue weighted by Gasteiger charge is 2.24. The van der Waals surface area contributed by atoms with Crippen LogP contribution in [0, 0.1) is 12.8 Å².